The second-order valence-corrected chi connectivity index (χ2v) is 1.14. The molecule has 0 aromatic carbocycles. The summed E-state index contributed by atoms with van der Waals surface area (Å²) in [6.45, 7) is 0. The van der Waals surface area contributed by atoms with Gasteiger partial charge < -0.3 is 28.7 Å². The Kier molecular flexibility index (Phi) is 5.77. The fraction of sp³-hybridized carbons (Fsp3) is 0.500. The number of nitrogens with zero attached hydrogens (tertiary/aromatic N) is 1. The van der Waals surface area contributed by atoms with Crippen molar-refractivity contribution < 1.29 is 17.3 Å². The minimum absolute atomic E-state index is 0.130. The van der Waals surface area contributed by atoms with Crippen LogP contribution in [0.3, 0.4) is 0 Å². The highest BCUT2D eigenvalue weighted by Crippen LogP contribution is 2.06. The van der Waals surface area contributed by atoms with Crippen molar-refractivity contribution in [1.29, 1.82) is 0 Å². The van der Waals surface area contributed by atoms with Crippen molar-refractivity contribution in [2.75, 3.05) is 7.05 Å². The lowest BCUT2D eigenvalue weighted by Crippen LogP contribution is -2.21. The first-order valence-electron chi connectivity index (χ1n) is 2.12. The van der Waals surface area contributed by atoms with E-state index in [-0.39, 0.29) is 5.96 Å². The molecule has 10 heavy (non-hydrogen) atoms. The quantitative estimate of drug-likeness (QED) is 0.230. The van der Waals surface area contributed by atoms with Crippen molar-refractivity contribution in [3.05, 3.63) is 0 Å². The number of rotatable bonds is 0. The highest BCUT2D eigenvalue weighted by Gasteiger charge is 2.20. The maximum absolute atomic E-state index is 9.75. The molecular weight excluding hydrogens is 153 g/mol. The molecule has 0 aliphatic rings. The zero-order valence-corrected chi connectivity index (χ0v) is 5.19. The van der Waals surface area contributed by atoms with E-state index in [0.29, 0.717) is 0 Å². The summed E-state index contributed by atoms with van der Waals surface area (Å²) < 4.78 is 39.0. The lowest BCUT2D eigenvalue weighted by molar-refractivity contribution is 0.368. The van der Waals surface area contributed by atoms with Crippen LogP contribution in [0.5, 0.6) is 0 Å². The molecule has 0 rings (SSSR count). The largest absolute Gasteiger partial charge is 0.673 e. The molecule has 0 unspecified atom stereocenters. The Bertz CT molecular complexity index is 99.6. The highest BCUT2D eigenvalue weighted by molar-refractivity contribution is 6.50. The molecule has 0 aromatic rings. The van der Waals surface area contributed by atoms with Crippen LogP contribution in [-0.4, -0.2) is 20.3 Å². The van der Waals surface area contributed by atoms with E-state index in [1.54, 1.807) is 0 Å². The SMILES string of the molecule is CN=C(N)N.F[B-](F)(F)F. The van der Waals surface area contributed by atoms with Crippen LogP contribution in [0.4, 0.5) is 17.3 Å². The van der Waals surface area contributed by atoms with Gasteiger partial charge in [0, 0.05) is 7.05 Å². The van der Waals surface area contributed by atoms with Crippen LogP contribution in [0.25, 0.3) is 0 Å². The number of halogens is 4. The highest BCUT2D eigenvalue weighted by atomic mass is 19.5. The number of hydrogen-bond acceptors (Lipinski definition) is 1. The molecule has 0 heterocycles. The van der Waals surface area contributed by atoms with Crippen LogP contribution in [0, 0.1) is 0 Å². The predicted molar refractivity (Wildman–Crippen MR) is 31.9 cm³/mol. The Morgan fingerprint density at radius 1 is 1.20 bits per heavy atom. The molecule has 0 spiro atoms. The van der Waals surface area contributed by atoms with E-state index in [9.17, 15) is 17.3 Å². The molecule has 0 saturated carbocycles. The molecule has 8 heteroatoms. The van der Waals surface area contributed by atoms with Gasteiger partial charge >= 0.3 is 7.25 Å². The van der Waals surface area contributed by atoms with Gasteiger partial charge in [-0.1, -0.05) is 0 Å². The molecule has 3 nitrogen and oxygen atoms in total. The second-order valence-electron chi connectivity index (χ2n) is 1.14. The molecule has 62 valence electrons. The maximum atomic E-state index is 9.75. The molecule has 4 N–H and O–H groups in total. The van der Waals surface area contributed by atoms with E-state index in [1.807, 2.05) is 0 Å². The summed E-state index contributed by atoms with van der Waals surface area (Å²) in [5, 5.41) is 0. The molecule has 0 radical (unpaired) electrons. The van der Waals surface area contributed by atoms with Crippen molar-refractivity contribution in [3.63, 3.8) is 0 Å². The summed E-state index contributed by atoms with van der Waals surface area (Å²) in [6, 6.07) is 0. The number of guanidine groups is 1. The average Bonchev–Trinajstić information content (AvgIpc) is 1.61. The topological polar surface area (TPSA) is 64.4 Å². The molecule has 0 bridgehead atoms. The summed E-state index contributed by atoms with van der Waals surface area (Å²) in [6.07, 6.45) is 0. The maximum Gasteiger partial charge on any atom is 0.673 e. The van der Waals surface area contributed by atoms with Crippen LogP contribution in [0.2, 0.25) is 0 Å². The molecular formula is C2H7BF4N3-. The molecule has 0 aliphatic carbocycles. The normalized spacial score (nSPS) is 9.30. The molecule has 0 atom stereocenters. The van der Waals surface area contributed by atoms with Gasteiger partial charge in [-0.3, -0.25) is 4.99 Å². The Hall–Kier alpha value is -0.945. The van der Waals surface area contributed by atoms with Crippen molar-refractivity contribution in [2.45, 2.75) is 0 Å². The van der Waals surface area contributed by atoms with Crippen LogP contribution in [-0.2, 0) is 0 Å². The molecule has 0 aliphatic heterocycles. The van der Waals surface area contributed by atoms with E-state index in [2.05, 4.69) is 4.99 Å². The predicted octanol–water partition coefficient (Wildman–Crippen LogP) is 0.190. The van der Waals surface area contributed by atoms with Crippen molar-refractivity contribution in [1.82, 2.24) is 0 Å². The summed E-state index contributed by atoms with van der Waals surface area (Å²) in [4.78, 5) is 3.36. The first-order chi connectivity index (χ1) is 4.27. The minimum atomic E-state index is -6.00. The summed E-state index contributed by atoms with van der Waals surface area (Å²) >= 11 is 0. The monoisotopic (exact) mass is 160 g/mol. The van der Waals surface area contributed by atoms with Gasteiger partial charge in [0.2, 0.25) is 0 Å². The Morgan fingerprint density at radius 3 is 1.30 bits per heavy atom. The van der Waals surface area contributed by atoms with Gasteiger partial charge in [-0.15, -0.1) is 0 Å². The zero-order valence-electron chi connectivity index (χ0n) is 5.19. The Morgan fingerprint density at radius 2 is 1.30 bits per heavy atom. The van der Waals surface area contributed by atoms with Crippen LogP contribution >= 0.6 is 0 Å². The summed E-state index contributed by atoms with van der Waals surface area (Å²) in [7, 11) is -4.46. The van der Waals surface area contributed by atoms with Gasteiger partial charge in [-0.05, 0) is 0 Å². The molecule has 0 aromatic heterocycles. The van der Waals surface area contributed by atoms with Gasteiger partial charge in [-0.25, -0.2) is 0 Å². The van der Waals surface area contributed by atoms with Crippen molar-refractivity contribution >= 4 is 13.2 Å². The standard InChI is InChI=1S/C2H7N3.BF4/c1-5-2(3)4;2-1(3,4)5/h1H3,(H4,3,4,5);/q;-1. The van der Waals surface area contributed by atoms with Gasteiger partial charge in [0.15, 0.2) is 5.96 Å². The minimum Gasteiger partial charge on any atom is -0.418 e. The smallest absolute Gasteiger partial charge is 0.418 e. The third-order valence-corrected chi connectivity index (χ3v) is 0.258. The first kappa shape index (κ1) is 11.8. The Balaban J connectivity index is 0. The van der Waals surface area contributed by atoms with Gasteiger partial charge in [0.25, 0.3) is 0 Å². The number of aliphatic imine (C=N–C) groups is 1. The lowest BCUT2D eigenvalue weighted by Gasteiger charge is -1.94. The molecule has 0 saturated heterocycles. The summed E-state index contributed by atoms with van der Waals surface area (Å²) in [5.41, 5.74) is 9.64. The summed E-state index contributed by atoms with van der Waals surface area (Å²) in [5.74, 6) is 0.130. The first-order valence-corrected chi connectivity index (χ1v) is 2.12. The van der Waals surface area contributed by atoms with E-state index in [0.717, 1.165) is 0 Å². The zero-order chi connectivity index (χ0) is 8.78. The van der Waals surface area contributed by atoms with E-state index >= 15 is 0 Å². The van der Waals surface area contributed by atoms with Crippen LogP contribution < -0.4 is 11.5 Å². The third-order valence-electron chi connectivity index (χ3n) is 0.258. The fourth-order valence-electron chi connectivity index (χ4n) is 0. The van der Waals surface area contributed by atoms with Crippen molar-refractivity contribution in [3.8, 4) is 0 Å². The molecule has 0 amide bonds. The molecule has 0 fully saturated rings. The Labute approximate surface area is 55.2 Å². The van der Waals surface area contributed by atoms with Gasteiger partial charge in [0.05, 0.1) is 0 Å². The number of nitrogens with two attached hydrogens (primary N) is 2. The van der Waals surface area contributed by atoms with Crippen LogP contribution in [0.15, 0.2) is 4.99 Å². The average molecular weight is 160 g/mol. The lowest BCUT2D eigenvalue weighted by atomic mass is 10.3. The van der Waals surface area contributed by atoms with Crippen LogP contribution in [0.1, 0.15) is 0 Å². The van der Waals surface area contributed by atoms with E-state index in [4.69, 9.17) is 11.5 Å². The third kappa shape index (κ3) is 232. The van der Waals surface area contributed by atoms with Gasteiger partial charge in [-0.2, -0.15) is 0 Å². The van der Waals surface area contributed by atoms with E-state index < -0.39 is 7.25 Å². The van der Waals surface area contributed by atoms with Crippen molar-refractivity contribution in [2.24, 2.45) is 16.5 Å². The number of hydrogen-bond donors (Lipinski definition) is 2. The fourth-order valence-corrected chi connectivity index (χ4v) is 0. The second kappa shape index (κ2) is 4.89. The van der Waals surface area contributed by atoms with Gasteiger partial charge in [0.1, 0.15) is 0 Å². The van der Waals surface area contributed by atoms with E-state index in [1.165, 1.54) is 7.05 Å².